The molecule has 0 spiro atoms. The highest BCUT2D eigenvalue weighted by molar-refractivity contribution is 8.00. The smallest absolute Gasteiger partial charge is 0.202 e. The summed E-state index contributed by atoms with van der Waals surface area (Å²) in [6.45, 7) is 5.35. The van der Waals surface area contributed by atoms with Crippen molar-refractivity contribution in [2.45, 2.75) is 16.7 Å². The molecule has 0 aliphatic carbocycles. The Morgan fingerprint density at radius 3 is 1.45 bits per heavy atom. The standard InChI is InChI=1S/C15H11F4S.CH3F/c1-9(2)20(14-5-3-10(16)7-12(14)18)15-6-4-11(17)8-13(15)19;1-2/h3-8H,1H2,2H3;1H3/q+1;. The minimum absolute atomic E-state index is 0.129. The van der Waals surface area contributed by atoms with Crippen molar-refractivity contribution < 1.29 is 22.0 Å². The molecular formula is C16H14F5S+. The van der Waals surface area contributed by atoms with Crippen molar-refractivity contribution in [2.24, 2.45) is 0 Å². The van der Waals surface area contributed by atoms with Gasteiger partial charge in [0.1, 0.15) is 27.4 Å². The Hall–Kier alpha value is -1.82. The van der Waals surface area contributed by atoms with Crippen LogP contribution in [0.1, 0.15) is 6.92 Å². The maximum atomic E-state index is 13.9. The lowest BCUT2D eigenvalue weighted by molar-refractivity contribution is 0.560. The van der Waals surface area contributed by atoms with Crippen LogP contribution in [0.5, 0.6) is 0 Å². The van der Waals surface area contributed by atoms with Crippen molar-refractivity contribution >= 4 is 10.9 Å². The Bertz CT molecular complexity index is 618. The van der Waals surface area contributed by atoms with Gasteiger partial charge in [-0.05, 0) is 18.7 Å². The molecule has 2 aromatic carbocycles. The van der Waals surface area contributed by atoms with E-state index in [0.717, 1.165) is 24.3 Å². The van der Waals surface area contributed by atoms with Crippen LogP contribution in [0.3, 0.4) is 0 Å². The van der Waals surface area contributed by atoms with E-state index in [4.69, 9.17) is 0 Å². The van der Waals surface area contributed by atoms with E-state index in [0.29, 0.717) is 12.1 Å². The van der Waals surface area contributed by atoms with Crippen molar-refractivity contribution in [3.8, 4) is 0 Å². The zero-order chi connectivity index (χ0) is 16.9. The highest BCUT2D eigenvalue weighted by atomic mass is 32.2. The largest absolute Gasteiger partial charge is 0.255 e. The van der Waals surface area contributed by atoms with Crippen LogP contribution in [-0.4, -0.2) is 7.18 Å². The van der Waals surface area contributed by atoms with Gasteiger partial charge in [-0.25, -0.2) is 17.6 Å². The van der Waals surface area contributed by atoms with Gasteiger partial charge in [0, 0.05) is 31.2 Å². The Morgan fingerprint density at radius 1 is 0.818 bits per heavy atom. The summed E-state index contributed by atoms with van der Waals surface area (Å²) in [7, 11) is -0.620. The normalized spacial score (nSPS) is 10.2. The highest BCUT2D eigenvalue weighted by Gasteiger charge is 2.33. The minimum Gasteiger partial charge on any atom is -0.255 e. The molecule has 2 rings (SSSR count). The summed E-state index contributed by atoms with van der Waals surface area (Å²) in [6, 6.07) is 6.18. The van der Waals surface area contributed by atoms with Gasteiger partial charge < -0.3 is 0 Å². The number of hydrogen-bond donors (Lipinski definition) is 0. The van der Waals surface area contributed by atoms with E-state index >= 15 is 0 Å². The van der Waals surface area contributed by atoms with Crippen LogP contribution in [0.15, 0.2) is 57.7 Å². The summed E-state index contributed by atoms with van der Waals surface area (Å²) >= 11 is 0. The van der Waals surface area contributed by atoms with Crippen LogP contribution in [0.2, 0.25) is 0 Å². The first-order valence-electron chi connectivity index (χ1n) is 6.08. The van der Waals surface area contributed by atoms with Gasteiger partial charge in [0.25, 0.3) is 0 Å². The fraction of sp³-hybridized carbons (Fsp3) is 0.125. The Labute approximate surface area is 128 Å². The van der Waals surface area contributed by atoms with Gasteiger partial charge in [-0.3, -0.25) is 4.39 Å². The molecule has 0 unspecified atom stereocenters. The molecule has 0 saturated heterocycles. The predicted molar refractivity (Wildman–Crippen MR) is 78.5 cm³/mol. The van der Waals surface area contributed by atoms with Gasteiger partial charge in [-0.15, -0.1) is 0 Å². The van der Waals surface area contributed by atoms with Gasteiger partial charge in [-0.1, -0.05) is 0 Å². The topological polar surface area (TPSA) is 0 Å². The summed E-state index contributed by atoms with van der Waals surface area (Å²) in [5.74, 6) is -2.98. The summed E-state index contributed by atoms with van der Waals surface area (Å²) in [4.78, 5) is 0.759. The summed E-state index contributed by atoms with van der Waals surface area (Å²) in [6.07, 6.45) is 0. The Kier molecular flexibility index (Phi) is 6.61. The first kappa shape index (κ1) is 18.2. The number of benzene rings is 2. The molecule has 0 bridgehead atoms. The van der Waals surface area contributed by atoms with Gasteiger partial charge in [0.05, 0.1) is 7.18 Å². The van der Waals surface area contributed by atoms with Crippen molar-refractivity contribution in [3.63, 3.8) is 0 Å². The van der Waals surface area contributed by atoms with Crippen molar-refractivity contribution in [2.75, 3.05) is 7.18 Å². The molecule has 2 aromatic rings. The second-order valence-electron chi connectivity index (χ2n) is 4.16. The fourth-order valence-corrected chi connectivity index (χ4v) is 3.68. The SMILES string of the molecule is C=C(C)[S+](c1ccc(F)cc1F)c1ccc(F)cc1F.CF. The van der Waals surface area contributed by atoms with E-state index in [9.17, 15) is 22.0 Å². The average molecular weight is 333 g/mol. The van der Waals surface area contributed by atoms with E-state index in [1.54, 1.807) is 6.92 Å². The lowest BCUT2D eigenvalue weighted by Crippen LogP contribution is -2.09. The first-order valence-corrected chi connectivity index (χ1v) is 7.30. The number of rotatable bonds is 3. The first-order chi connectivity index (χ1) is 10.4. The third-order valence-corrected chi connectivity index (χ3v) is 4.81. The zero-order valence-electron chi connectivity index (χ0n) is 12.0. The summed E-state index contributed by atoms with van der Waals surface area (Å²) in [5, 5.41) is 0. The number of halogens is 5. The Morgan fingerprint density at radius 2 is 1.18 bits per heavy atom. The van der Waals surface area contributed by atoms with E-state index < -0.39 is 34.2 Å². The maximum Gasteiger partial charge on any atom is 0.202 e. The molecule has 6 heteroatoms. The molecule has 0 nitrogen and oxygen atoms in total. The van der Waals surface area contributed by atoms with Crippen molar-refractivity contribution in [1.29, 1.82) is 0 Å². The minimum atomic E-state index is -1.12. The molecule has 0 saturated carbocycles. The third kappa shape index (κ3) is 4.10. The van der Waals surface area contributed by atoms with E-state index in [1.807, 2.05) is 0 Å². The molecule has 0 heterocycles. The van der Waals surface area contributed by atoms with Gasteiger partial charge in [-0.2, -0.15) is 0 Å². The molecule has 0 amide bonds. The van der Waals surface area contributed by atoms with Gasteiger partial charge >= 0.3 is 0 Å². The van der Waals surface area contributed by atoms with E-state index in [-0.39, 0.29) is 9.79 Å². The molecule has 0 N–H and O–H groups in total. The lowest BCUT2D eigenvalue weighted by Gasteiger charge is -2.08. The number of allylic oxidation sites excluding steroid dienone is 1. The van der Waals surface area contributed by atoms with Crippen LogP contribution in [-0.2, 0) is 10.9 Å². The molecule has 0 atom stereocenters. The van der Waals surface area contributed by atoms with Crippen LogP contribution < -0.4 is 0 Å². The van der Waals surface area contributed by atoms with Crippen LogP contribution in [0.25, 0.3) is 0 Å². The fourth-order valence-electron chi connectivity index (χ4n) is 1.78. The van der Waals surface area contributed by atoms with Crippen LogP contribution in [0, 0.1) is 23.3 Å². The second kappa shape index (κ2) is 7.98. The van der Waals surface area contributed by atoms with Crippen molar-refractivity contribution in [3.05, 3.63) is 71.2 Å². The van der Waals surface area contributed by atoms with Crippen LogP contribution in [0.4, 0.5) is 22.0 Å². The molecule has 0 aliphatic heterocycles. The predicted octanol–water partition coefficient (Wildman–Crippen LogP) is 5.40. The van der Waals surface area contributed by atoms with E-state index in [1.165, 1.54) is 12.1 Å². The van der Waals surface area contributed by atoms with Crippen molar-refractivity contribution in [1.82, 2.24) is 0 Å². The molecule has 118 valence electrons. The van der Waals surface area contributed by atoms with E-state index in [2.05, 4.69) is 6.58 Å². The van der Waals surface area contributed by atoms with Crippen LogP contribution >= 0.6 is 0 Å². The van der Waals surface area contributed by atoms with Gasteiger partial charge in [0.15, 0.2) is 11.6 Å². The number of hydrogen-bond acceptors (Lipinski definition) is 0. The quantitative estimate of drug-likeness (QED) is 0.521. The molecule has 0 aliphatic rings. The number of alkyl halides is 1. The highest BCUT2D eigenvalue weighted by Crippen LogP contribution is 2.33. The molecule has 22 heavy (non-hydrogen) atoms. The molecule has 0 aromatic heterocycles. The second-order valence-corrected chi connectivity index (χ2v) is 6.35. The van der Waals surface area contributed by atoms with Gasteiger partial charge in [0.2, 0.25) is 9.79 Å². The Balaban J connectivity index is 0.00000116. The average Bonchev–Trinajstić information content (AvgIpc) is 2.45. The molecule has 0 fully saturated rings. The lowest BCUT2D eigenvalue weighted by atomic mass is 10.3. The summed E-state index contributed by atoms with van der Waals surface area (Å²) < 4.78 is 63.2. The molecular weight excluding hydrogens is 319 g/mol. The monoisotopic (exact) mass is 333 g/mol. The molecule has 0 radical (unpaired) electrons. The zero-order valence-corrected chi connectivity index (χ0v) is 12.8. The summed E-state index contributed by atoms with van der Waals surface area (Å²) in [5.41, 5.74) is 0. The maximum absolute atomic E-state index is 13.9. The third-order valence-electron chi connectivity index (χ3n) is 2.58.